The van der Waals surface area contributed by atoms with E-state index in [-0.39, 0.29) is 24.5 Å². The molecule has 3 rings (SSSR count). The van der Waals surface area contributed by atoms with Gasteiger partial charge in [-0.15, -0.1) is 11.8 Å². The van der Waals surface area contributed by atoms with Crippen molar-refractivity contribution in [2.24, 2.45) is 11.7 Å². The van der Waals surface area contributed by atoms with Gasteiger partial charge in [0.15, 0.2) is 0 Å². The Morgan fingerprint density at radius 2 is 1.84 bits per heavy atom. The summed E-state index contributed by atoms with van der Waals surface area (Å²) in [5.74, 6) is 3.77. The largest absolute Gasteiger partial charge is 0.496 e. The van der Waals surface area contributed by atoms with Crippen LogP contribution in [0.2, 0.25) is 0 Å². The summed E-state index contributed by atoms with van der Waals surface area (Å²) in [7, 11) is 4.85. The summed E-state index contributed by atoms with van der Waals surface area (Å²) in [6.07, 6.45) is 4.10. The molecule has 1 unspecified atom stereocenters. The van der Waals surface area contributed by atoms with Crippen molar-refractivity contribution >= 4 is 17.7 Å². The minimum atomic E-state index is -0.354. The Morgan fingerprint density at radius 3 is 2.38 bits per heavy atom. The highest BCUT2D eigenvalue weighted by Gasteiger charge is 2.33. The van der Waals surface area contributed by atoms with Crippen LogP contribution in [0.1, 0.15) is 31.2 Å². The second-order valence-corrected chi connectivity index (χ2v) is 9.33. The van der Waals surface area contributed by atoms with Crippen LogP contribution in [0.3, 0.4) is 0 Å². The Labute approximate surface area is 195 Å². The van der Waals surface area contributed by atoms with Crippen LogP contribution in [-0.4, -0.2) is 73.8 Å². The van der Waals surface area contributed by atoms with E-state index in [0.717, 1.165) is 31.2 Å². The standard InChI is InChI=1S/C23H34N4O4S/c1-29-19-8-21(30-2)20(22(9-19)31-3)12-26(17-6-4-16(10-24)5-7-17)13-23(28)27-15-32-14-18(27)11-25/h8-9,16-18H,4-7,10,12-15,24H2,1-3H3. The Bertz CT molecular complexity index is 798. The van der Waals surface area contributed by atoms with Crippen LogP contribution < -0.4 is 19.9 Å². The van der Waals surface area contributed by atoms with Gasteiger partial charge in [0.05, 0.1) is 45.4 Å². The molecule has 1 saturated carbocycles. The van der Waals surface area contributed by atoms with Gasteiger partial charge < -0.3 is 24.8 Å². The second-order valence-electron chi connectivity index (χ2n) is 8.33. The molecule has 1 amide bonds. The Morgan fingerprint density at radius 1 is 1.19 bits per heavy atom. The number of benzene rings is 1. The third-order valence-electron chi connectivity index (χ3n) is 6.53. The average Bonchev–Trinajstić information content (AvgIpc) is 3.32. The highest BCUT2D eigenvalue weighted by atomic mass is 32.2. The first-order chi connectivity index (χ1) is 15.5. The van der Waals surface area contributed by atoms with Crippen molar-refractivity contribution in [1.82, 2.24) is 9.80 Å². The number of amides is 1. The molecule has 32 heavy (non-hydrogen) atoms. The molecule has 1 atom stereocenters. The zero-order chi connectivity index (χ0) is 23.1. The van der Waals surface area contributed by atoms with Gasteiger partial charge in [0.25, 0.3) is 0 Å². The Hall–Kier alpha value is -2.15. The van der Waals surface area contributed by atoms with Crippen LogP contribution in [0.15, 0.2) is 12.1 Å². The Balaban J connectivity index is 1.86. The molecule has 1 aliphatic carbocycles. The normalized spacial score (nSPS) is 23.1. The lowest BCUT2D eigenvalue weighted by Gasteiger charge is -2.37. The smallest absolute Gasteiger partial charge is 0.238 e. The molecule has 0 bridgehead atoms. The quantitative estimate of drug-likeness (QED) is 0.597. The van der Waals surface area contributed by atoms with E-state index in [2.05, 4.69) is 11.0 Å². The minimum absolute atomic E-state index is 0.00561. The molecule has 0 aromatic heterocycles. The van der Waals surface area contributed by atoms with Gasteiger partial charge in [0.1, 0.15) is 23.3 Å². The van der Waals surface area contributed by atoms with Gasteiger partial charge >= 0.3 is 0 Å². The predicted octanol–water partition coefficient (Wildman–Crippen LogP) is 2.46. The number of ether oxygens (including phenoxy) is 3. The van der Waals surface area contributed by atoms with Crippen LogP contribution >= 0.6 is 11.8 Å². The molecule has 176 valence electrons. The van der Waals surface area contributed by atoms with E-state index < -0.39 is 0 Å². The van der Waals surface area contributed by atoms with E-state index in [9.17, 15) is 10.1 Å². The number of nitrogens with zero attached hydrogens (tertiary/aromatic N) is 3. The fraction of sp³-hybridized carbons (Fsp3) is 0.652. The highest BCUT2D eigenvalue weighted by molar-refractivity contribution is 7.99. The summed E-state index contributed by atoms with van der Waals surface area (Å²) in [6, 6.07) is 5.84. The lowest BCUT2D eigenvalue weighted by Crippen LogP contribution is -2.47. The van der Waals surface area contributed by atoms with Crippen LogP contribution in [-0.2, 0) is 11.3 Å². The van der Waals surface area contributed by atoms with E-state index in [4.69, 9.17) is 19.9 Å². The van der Waals surface area contributed by atoms with E-state index in [1.165, 1.54) is 0 Å². The molecule has 2 fully saturated rings. The van der Waals surface area contributed by atoms with Gasteiger partial charge in [-0.3, -0.25) is 9.69 Å². The molecule has 2 N–H and O–H groups in total. The summed E-state index contributed by atoms with van der Waals surface area (Å²) >= 11 is 1.63. The summed E-state index contributed by atoms with van der Waals surface area (Å²) < 4.78 is 16.7. The average molecular weight is 463 g/mol. The number of hydrogen-bond donors (Lipinski definition) is 1. The van der Waals surface area contributed by atoms with E-state index in [1.807, 2.05) is 12.1 Å². The molecule has 0 spiro atoms. The van der Waals surface area contributed by atoms with Crippen molar-refractivity contribution in [1.29, 1.82) is 5.26 Å². The molecule has 1 aliphatic heterocycles. The first kappa shape index (κ1) is 24.5. The molecule has 1 saturated heterocycles. The maximum Gasteiger partial charge on any atom is 0.238 e. The van der Waals surface area contributed by atoms with Crippen LogP contribution in [0.5, 0.6) is 17.2 Å². The summed E-state index contributed by atoms with van der Waals surface area (Å²) in [5.41, 5.74) is 6.78. The van der Waals surface area contributed by atoms with Crippen molar-refractivity contribution in [3.8, 4) is 23.3 Å². The third kappa shape index (κ3) is 5.61. The first-order valence-electron chi connectivity index (χ1n) is 11.0. The van der Waals surface area contributed by atoms with Gasteiger partial charge in [-0.25, -0.2) is 0 Å². The topological polar surface area (TPSA) is 101 Å². The monoisotopic (exact) mass is 462 g/mol. The lowest BCUT2D eigenvalue weighted by molar-refractivity contribution is -0.133. The van der Waals surface area contributed by atoms with Crippen molar-refractivity contribution in [2.45, 2.75) is 44.3 Å². The van der Waals surface area contributed by atoms with Gasteiger partial charge in [-0.2, -0.15) is 5.26 Å². The number of nitriles is 1. The summed E-state index contributed by atoms with van der Waals surface area (Å²) in [6.45, 7) is 1.48. The molecule has 1 aromatic rings. The molecular weight excluding hydrogens is 428 g/mol. The van der Waals surface area contributed by atoms with Gasteiger partial charge in [-0.05, 0) is 38.1 Å². The van der Waals surface area contributed by atoms with Crippen molar-refractivity contribution in [2.75, 3.05) is 46.0 Å². The van der Waals surface area contributed by atoms with E-state index in [1.54, 1.807) is 38.0 Å². The Kier molecular flexibility index (Phi) is 8.91. The van der Waals surface area contributed by atoms with Crippen molar-refractivity contribution in [3.05, 3.63) is 17.7 Å². The fourth-order valence-corrected chi connectivity index (χ4v) is 5.66. The molecule has 0 radical (unpaired) electrons. The zero-order valence-electron chi connectivity index (χ0n) is 19.2. The lowest BCUT2D eigenvalue weighted by atomic mass is 9.85. The van der Waals surface area contributed by atoms with E-state index in [0.29, 0.717) is 47.9 Å². The second kappa shape index (κ2) is 11.6. The number of nitrogens with two attached hydrogens (primary N) is 1. The minimum Gasteiger partial charge on any atom is -0.496 e. The highest BCUT2D eigenvalue weighted by Crippen LogP contribution is 2.37. The first-order valence-corrected chi connectivity index (χ1v) is 12.2. The molecule has 8 nitrogen and oxygen atoms in total. The predicted molar refractivity (Wildman–Crippen MR) is 125 cm³/mol. The van der Waals surface area contributed by atoms with Gasteiger partial charge in [0.2, 0.25) is 5.91 Å². The summed E-state index contributed by atoms with van der Waals surface area (Å²) in [4.78, 5) is 17.1. The fourth-order valence-electron chi connectivity index (χ4n) is 4.56. The number of methoxy groups -OCH3 is 3. The maximum absolute atomic E-state index is 13.2. The maximum atomic E-state index is 13.2. The van der Waals surface area contributed by atoms with E-state index >= 15 is 0 Å². The van der Waals surface area contributed by atoms with Crippen LogP contribution in [0.25, 0.3) is 0 Å². The van der Waals surface area contributed by atoms with Crippen molar-refractivity contribution < 1.29 is 19.0 Å². The molecule has 1 aromatic carbocycles. The van der Waals surface area contributed by atoms with Crippen LogP contribution in [0.4, 0.5) is 0 Å². The number of hydrogen-bond acceptors (Lipinski definition) is 8. The number of carbonyl (C=O) groups excluding carboxylic acids is 1. The number of thioether (sulfide) groups is 1. The van der Waals surface area contributed by atoms with Crippen molar-refractivity contribution in [3.63, 3.8) is 0 Å². The summed E-state index contributed by atoms with van der Waals surface area (Å²) in [5, 5.41) is 9.42. The van der Waals surface area contributed by atoms with Crippen LogP contribution in [0, 0.1) is 17.2 Å². The molecular formula is C23H34N4O4S. The third-order valence-corrected chi connectivity index (χ3v) is 7.55. The molecule has 1 heterocycles. The zero-order valence-corrected chi connectivity index (χ0v) is 20.0. The van der Waals surface area contributed by atoms with Gasteiger partial charge in [0, 0.05) is 30.5 Å². The molecule has 9 heteroatoms. The molecule has 2 aliphatic rings. The number of rotatable bonds is 9. The SMILES string of the molecule is COc1cc(OC)c(CN(CC(=O)N2CSCC2C#N)C2CCC(CN)CC2)c(OC)c1. The van der Waals surface area contributed by atoms with Gasteiger partial charge in [-0.1, -0.05) is 0 Å². The number of carbonyl (C=O) groups is 1.